The minimum Gasteiger partial charge on any atom is -0.378 e. The van der Waals surface area contributed by atoms with Gasteiger partial charge in [-0.1, -0.05) is 0 Å². The van der Waals surface area contributed by atoms with Gasteiger partial charge in [-0.05, 0) is 18.6 Å². The molecule has 1 N–H and O–H groups in total. The van der Waals surface area contributed by atoms with Gasteiger partial charge in [0.05, 0.1) is 19.3 Å². The first-order chi connectivity index (χ1) is 6.45. The van der Waals surface area contributed by atoms with Crippen LogP contribution in [0.25, 0.3) is 0 Å². The molecule has 1 atom stereocenters. The number of nitrogens with one attached hydrogen (secondary N) is 1. The molecule has 1 aromatic rings. The number of hydrogen-bond acceptors (Lipinski definition) is 2. The van der Waals surface area contributed by atoms with Gasteiger partial charge in [-0.3, -0.25) is 0 Å². The second kappa shape index (κ2) is 4.44. The van der Waals surface area contributed by atoms with Crippen LogP contribution in [0.5, 0.6) is 0 Å². The molecule has 0 bridgehead atoms. The molecule has 1 unspecified atom stereocenters. The van der Waals surface area contributed by atoms with Crippen molar-refractivity contribution in [2.45, 2.75) is 18.9 Å². The van der Waals surface area contributed by atoms with E-state index in [0.29, 0.717) is 6.10 Å². The van der Waals surface area contributed by atoms with Gasteiger partial charge < -0.3 is 14.5 Å². The molecule has 3 nitrogen and oxygen atoms in total. The van der Waals surface area contributed by atoms with E-state index in [-0.39, 0.29) is 0 Å². The molecule has 0 aliphatic carbocycles. The molecule has 1 aliphatic heterocycles. The Bertz CT molecular complexity index is 229. The molecule has 72 valence electrons. The Morgan fingerprint density at radius 1 is 1.62 bits per heavy atom. The summed E-state index contributed by atoms with van der Waals surface area (Å²) in [6.45, 7) is 2.44. The van der Waals surface area contributed by atoms with Crippen molar-refractivity contribution >= 4 is 0 Å². The molecule has 0 radical (unpaired) electrons. The highest BCUT2D eigenvalue weighted by Crippen LogP contribution is 2.10. The minimum absolute atomic E-state index is 0.364. The predicted octanol–water partition coefficient (Wildman–Crippen LogP) is 1.36. The van der Waals surface area contributed by atoms with Gasteiger partial charge in [-0.25, -0.2) is 0 Å². The van der Waals surface area contributed by atoms with Crippen molar-refractivity contribution in [2.75, 3.05) is 19.8 Å². The molecular formula is C10H15NO2. The first kappa shape index (κ1) is 8.78. The highest BCUT2D eigenvalue weighted by atomic mass is 16.5. The summed E-state index contributed by atoms with van der Waals surface area (Å²) in [6.07, 6.45) is 4.41. The normalized spacial score (nSPS) is 21.4. The van der Waals surface area contributed by atoms with Gasteiger partial charge >= 0.3 is 0 Å². The maximum absolute atomic E-state index is 5.47. The molecule has 0 saturated carbocycles. The summed E-state index contributed by atoms with van der Waals surface area (Å²) < 4.78 is 10.7. The molecule has 2 heterocycles. The molecular weight excluding hydrogens is 166 g/mol. The zero-order chi connectivity index (χ0) is 8.93. The third-order valence-electron chi connectivity index (χ3n) is 2.28. The van der Waals surface area contributed by atoms with Gasteiger partial charge in [-0.15, -0.1) is 0 Å². The maximum Gasteiger partial charge on any atom is 0.0830 e. The quantitative estimate of drug-likeness (QED) is 0.696. The second-order valence-corrected chi connectivity index (χ2v) is 3.30. The Kier molecular flexibility index (Phi) is 3.00. The van der Waals surface area contributed by atoms with E-state index in [1.54, 1.807) is 0 Å². The van der Waals surface area contributed by atoms with Crippen molar-refractivity contribution in [1.29, 1.82) is 0 Å². The molecule has 3 heteroatoms. The van der Waals surface area contributed by atoms with Crippen molar-refractivity contribution in [1.82, 2.24) is 4.98 Å². The fourth-order valence-corrected chi connectivity index (χ4v) is 1.34. The number of aromatic amines is 1. The number of ether oxygens (including phenoxy) is 2. The van der Waals surface area contributed by atoms with Crippen LogP contribution in [-0.2, 0) is 15.9 Å². The molecule has 0 spiro atoms. The van der Waals surface area contributed by atoms with E-state index in [1.807, 2.05) is 12.3 Å². The van der Waals surface area contributed by atoms with Crippen molar-refractivity contribution in [3.63, 3.8) is 0 Å². The van der Waals surface area contributed by atoms with Gasteiger partial charge in [0.1, 0.15) is 0 Å². The van der Waals surface area contributed by atoms with Crippen LogP contribution in [0.3, 0.4) is 0 Å². The molecule has 2 rings (SSSR count). The second-order valence-electron chi connectivity index (χ2n) is 3.30. The van der Waals surface area contributed by atoms with Crippen LogP contribution >= 0.6 is 0 Å². The molecule has 0 amide bonds. The van der Waals surface area contributed by atoms with Crippen molar-refractivity contribution in [3.8, 4) is 0 Å². The minimum atomic E-state index is 0.364. The molecule has 13 heavy (non-hydrogen) atoms. The lowest BCUT2D eigenvalue weighted by molar-refractivity contribution is -0.0933. The van der Waals surface area contributed by atoms with Crippen molar-refractivity contribution in [2.24, 2.45) is 0 Å². The largest absolute Gasteiger partial charge is 0.378 e. The standard InChI is InChI=1S/C10H15NO2/c1-2-9(11-5-1)3-6-12-8-10-4-7-13-10/h1-2,5,10-11H,3-4,6-8H2. The fraction of sp³-hybridized carbons (Fsp3) is 0.600. The zero-order valence-corrected chi connectivity index (χ0v) is 7.66. The van der Waals surface area contributed by atoms with Crippen LogP contribution in [0.4, 0.5) is 0 Å². The van der Waals surface area contributed by atoms with Gasteiger partial charge in [0.15, 0.2) is 0 Å². The van der Waals surface area contributed by atoms with Gasteiger partial charge in [-0.2, -0.15) is 0 Å². The van der Waals surface area contributed by atoms with Crippen molar-refractivity contribution < 1.29 is 9.47 Å². The van der Waals surface area contributed by atoms with Crippen LogP contribution in [0.2, 0.25) is 0 Å². The lowest BCUT2D eigenvalue weighted by atomic mass is 10.2. The monoisotopic (exact) mass is 181 g/mol. The van der Waals surface area contributed by atoms with Crippen LogP contribution in [-0.4, -0.2) is 30.9 Å². The lowest BCUT2D eigenvalue weighted by Gasteiger charge is -2.25. The third kappa shape index (κ3) is 2.57. The summed E-state index contributed by atoms with van der Waals surface area (Å²) in [7, 11) is 0. The van der Waals surface area contributed by atoms with E-state index in [0.717, 1.165) is 32.7 Å². The molecule has 1 fully saturated rings. The number of aromatic nitrogens is 1. The van der Waals surface area contributed by atoms with Crippen LogP contribution < -0.4 is 0 Å². The summed E-state index contributed by atoms with van der Waals surface area (Å²) in [5.74, 6) is 0. The van der Waals surface area contributed by atoms with Crippen LogP contribution in [0, 0.1) is 0 Å². The summed E-state index contributed by atoms with van der Waals surface area (Å²) in [5.41, 5.74) is 1.23. The molecule has 0 aromatic carbocycles. The van der Waals surface area contributed by atoms with Crippen molar-refractivity contribution in [3.05, 3.63) is 24.0 Å². The maximum atomic E-state index is 5.47. The smallest absolute Gasteiger partial charge is 0.0830 e. The average molecular weight is 181 g/mol. The number of rotatable bonds is 5. The Morgan fingerprint density at radius 3 is 3.15 bits per heavy atom. The Morgan fingerprint density at radius 2 is 2.54 bits per heavy atom. The first-order valence-corrected chi connectivity index (χ1v) is 4.77. The summed E-state index contributed by atoms with van der Waals surface area (Å²) in [5, 5.41) is 0. The summed E-state index contributed by atoms with van der Waals surface area (Å²) in [6, 6.07) is 4.08. The van der Waals surface area contributed by atoms with Gasteiger partial charge in [0, 0.05) is 24.9 Å². The zero-order valence-electron chi connectivity index (χ0n) is 7.66. The highest BCUT2D eigenvalue weighted by Gasteiger charge is 2.17. The van der Waals surface area contributed by atoms with Gasteiger partial charge in [0.2, 0.25) is 0 Å². The first-order valence-electron chi connectivity index (χ1n) is 4.77. The molecule has 1 aliphatic rings. The summed E-state index contributed by atoms with van der Waals surface area (Å²) in [4.78, 5) is 3.14. The van der Waals surface area contributed by atoms with E-state index in [4.69, 9.17) is 9.47 Å². The Hall–Kier alpha value is -0.800. The lowest BCUT2D eigenvalue weighted by Crippen LogP contribution is -2.31. The Balaban J connectivity index is 1.53. The predicted molar refractivity (Wildman–Crippen MR) is 49.7 cm³/mol. The topological polar surface area (TPSA) is 34.2 Å². The fourth-order valence-electron chi connectivity index (χ4n) is 1.34. The van der Waals surface area contributed by atoms with E-state index < -0.39 is 0 Å². The average Bonchev–Trinajstić information content (AvgIpc) is 2.53. The van der Waals surface area contributed by atoms with Crippen LogP contribution in [0.1, 0.15) is 12.1 Å². The van der Waals surface area contributed by atoms with E-state index >= 15 is 0 Å². The van der Waals surface area contributed by atoms with Gasteiger partial charge in [0.25, 0.3) is 0 Å². The Labute approximate surface area is 78.1 Å². The molecule has 1 aromatic heterocycles. The van der Waals surface area contributed by atoms with E-state index in [2.05, 4.69) is 11.1 Å². The number of hydrogen-bond donors (Lipinski definition) is 1. The van der Waals surface area contributed by atoms with E-state index in [9.17, 15) is 0 Å². The van der Waals surface area contributed by atoms with Crippen LogP contribution in [0.15, 0.2) is 18.3 Å². The highest BCUT2D eigenvalue weighted by molar-refractivity contribution is 5.03. The van der Waals surface area contributed by atoms with E-state index in [1.165, 1.54) is 5.69 Å². The molecule has 1 saturated heterocycles. The third-order valence-corrected chi connectivity index (χ3v) is 2.28. The summed E-state index contributed by atoms with van der Waals surface area (Å²) >= 11 is 0. The number of H-pyrrole nitrogens is 1. The SMILES string of the molecule is c1c[nH]c(CCOCC2CCO2)c1.